The zero-order valence-corrected chi connectivity index (χ0v) is 14.0. The second kappa shape index (κ2) is 6.70. The number of carbonyl (C=O) groups is 1. The Balaban J connectivity index is 1.90. The lowest BCUT2D eigenvalue weighted by atomic mass is 10.2. The monoisotopic (exact) mass is 324 g/mol. The topological polar surface area (TPSA) is 69.0 Å². The summed E-state index contributed by atoms with van der Waals surface area (Å²) in [5.74, 6) is 0.906. The lowest BCUT2D eigenvalue weighted by Gasteiger charge is -2.16. The number of para-hydroxylation sites is 2. The van der Waals surface area contributed by atoms with E-state index in [0.717, 1.165) is 23.4 Å². The van der Waals surface area contributed by atoms with Crippen LogP contribution in [-0.2, 0) is 6.54 Å². The van der Waals surface area contributed by atoms with Crippen molar-refractivity contribution in [1.29, 1.82) is 0 Å². The molecule has 3 rings (SSSR count). The summed E-state index contributed by atoms with van der Waals surface area (Å²) in [5.41, 5.74) is 2.40. The van der Waals surface area contributed by atoms with Crippen molar-refractivity contribution in [3.05, 3.63) is 54.0 Å². The van der Waals surface area contributed by atoms with Gasteiger partial charge in [0, 0.05) is 12.7 Å². The molecule has 0 aliphatic heterocycles. The van der Waals surface area contributed by atoms with E-state index in [0.29, 0.717) is 11.4 Å². The van der Waals surface area contributed by atoms with Crippen molar-refractivity contribution >= 4 is 16.9 Å². The first-order chi connectivity index (χ1) is 11.7. The summed E-state index contributed by atoms with van der Waals surface area (Å²) in [6.45, 7) is 4.77. The molecule has 1 atom stereocenters. The molecule has 0 fully saturated rings. The van der Waals surface area contributed by atoms with Crippen molar-refractivity contribution in [3.8, 4) is 5.88 Å². The SMILES string of the molecule is CCn1c(C(C)NC(=O)c2cccnc2OC)nc2ccccc21. The molecular weight excluding hydrogens is 304 g/mol. The zero-order valence-electron chi connectivity index (χ0n) is 14.0. The molecule has 0 bridgehead atoms. The predicted octanol–water partition coefficient (Wildman–Crippen LogP) is 2.95. The Morgan fingerprint density at radius 1 is 1.29 bits per heavy atom. The van der Waals surface area contributed by atoms with Crippen LogP contribution in [0, 0.1) is 0 Å². The summed E-state index contributed by atoms with van der Waals surface area (Å²) in [7, 11) is 1.50. The summed E-state index contributed by atoms with van der Waals surface area (Å²) in [4.78, 5) is 21.3. The number of aryl methyl sites for hydroxylation is 1. The molecule has 1 N–H and O–H groups in total. The number of imidazole rings is 1. The predicted molar refractivity (Wildman–Crippen MR) is 92.1 cm³/mol. The number of carbonyl (C=O) groups excluding carboxylic acids is 1. The van der Waals surface area contributed by atoms with Crippen molar-refractivity contribution in [1.82, 2.24) is 19.9 Å². The summed E-state index contributed by atoms with van der Waals surface area (Å²) in [6, 6.07) is 11.1. The summed E-state index contributed by atoms with van der Waals surface area (Å²) < 4.78 is 7.27. The van der Waals surface area contributed by atoms with Gasteiger partial charge in [-0.1, -0.05) is 12.1 Å². The van der Waals surface area contributed by atoms with Gasteiger partial charge < -0.3 is 14.6 Å². The number of ether oxygens (including phenoxy) is 1. The molecular formula is C18H20N4O2. The van der Waals surface area contributed by atoms with E-state index < -0.39 is 0 Å². The highest BCUT2D eigenvalue weighted by Gasteiger charge is 2.20. The smallest absolute Gasteiger partial charge is 0.257 e. The van der Waals surface area contributed by atoms with Crippen molar-refractivity contribution < 1.29 is 9.53 Å². The Morgan fingerprint density at radius 2 is 2.08 bits per heavy atom. The van der Waals surface area contributed by atoms with Crippen molar-refractivity contribution in [3.63, 3.8) is 0 Å². The lowest BCUT2D eigenvalue weighted by Crippen LogP contribution is -2.29. The van der Waals surface area contributed by atoms with Gasteiger partial charge in [0.25, 0.3) is 5.91 Å². The number of pyridine rings is 1. The molecule has 2 aromatic heterocycles. The Kier molecular flexibility index (Phi) is 4.46. The van der Waals surface area contributed by atoms with Gasteiger partial charge in [-0.2, -0.15) is 0 Å². The number of rotatable bonds is 5. The van der Waals surface area contributed by atoms with Gasteiger partial charge in [0.15, 0.2) is 0 Å². The number of hydrogen-bond acceptors (Lipinski definition) is 4. The highest BCUT2D eigenvalue weighted by atomic mass is 16.5. The van der Waals surface area contributed by atoms with Crippen LogP contribution in [0.2, 0.25) is 0 Å². The largest absolute Gasteiger partial charge is 0.480 e. The Hall–Kier alpha value is -2.89. The minimum Gasteiger partial charge on any atom is -0.480 e. The van der Waals surface area contributed by atoms with Crippen molar-refractivity contribution in [2.45, 2.75) is 26.4 Å². The van der Waals surface area contributed by atoms with Crippen LogP contribution in [0.25, 0.3) is 11.0 Å². The van der Waals surface area contributed by atoms with Gasteiger partial charge in [0.05, 0.1) is 24.2 Å². The van der Waals surface area contributed by atoms with Crippen LogP contribution in [0.15, 0.2) is 42.6 Å². The number of benzene rings is 1. The maximum Gasteiger partial charge on any atom is 0.257 e. The number of amides is 1. The van der Waals surface area contributed by atoms with Gasteiger partial charge in [-0.15, -0.1) is 0 Å². The zero-order chi connectivity index (χ0) is 17.1. The number of aromatic nitrogens is 3. The Labute approximate surface area is 140 Å². The van der Waals surface area contributed by atoms with Crippen LogP contribution >= 0.6 is 0 Å². The van der Waals surface area contributed by atoms with Crippen LogP contribution in [0.3, 0.4) is 0 Å². The molecule has 0 aliphatic rings. The number of methoxy groups -OCH3 is 1. The van der Waals surface area contributed by atoms with E-state index >= 15 is 0 Å². The maximum absolute atomic E-state index is 12.6. The fourth-order valence-corrected chi connectivity index (χ4v) is 2.82. The van der Waals surface area contributed by atoms with Crippen LogP contribution in [-0.4, -0.2) is 27.6 Å². The molecule has 6 nitrogen and oxygen atoms in total. The molecule has 124 valence electrons. The van der Waals surface area contributed by atoms with Gasteiger partial charge in [-0.3, -0.25) is 4.79 Å². The molecule has 3 aromatic rings. The maximum atomic E-state index is 12.6. The van der Waals surface area contributed by atoms with E-state index in [1.54, 1.807) is 18.3 Å². The molecule has 0 saturated heterocycles. The molecule has 24 heavy (non-hydrogen) atoms. The average Bonchev–Trinajstić information content (AvgIpc) is 3.00. The van der Waals surface area contributed by atoms with Crippen molar-refractivity contribution in [2.24, 2.45) is 0 Å². The second-order valence-corrected chi connectivity index (χ2v) is 5.46. The van der Waals surface area contributed by atoms with Gasteiger partial charge in [-0.25, -0.2) is 9.97 Å². The molecule has 2 heterocycles. The van der Waals surface area contributed by atoms with Crippen LogP contribution in [0.4, 0.5) is 0 Å². The lowest BCUT2D eigenvalue weighted by molar-refractivity contribution is 0.0934. The number of hydrogen-bond donors (Lipinski definition) is 1. The molecule has 1 unspecified atom stereocenters. The summed E-state index contributed by atoms with van der Waals surface area (Å²) in [6.07, 6.45) is 1.59. The highest BCUT2D eigenvalue weighted by Crippen LogP contribution is 2.22. The van der Waals surface area contributed by atoms with E-state index in [1.807, 2.05) is 31.2 Å². The van der Waals surface area contributed by atoms with Crippen LogP contribution < -0.4 is 10.1 Å². The van der Waals surface area contributed by atoms with Crippen molar-refractivity contribution in [2.75, 3.05) is 7.11 Å². The summed E-state index contributed by atoms with van der Waals surface area (Å²) in [5, 5.41) is 2.98. The third-order valence-corrected chi connectivity index (χ3v) is 3.94. The number of nitrogens with zero attached hydrogens (tertiary/aromatic N) is 3. The van der Waals surface area contributed by atoms with Crippen LogP contribution in [0.5, 0.6) is 5.88 Å². The van der Waals surface area contributed by atoms with Gasteiger partial charge in [-0.05, 0) is 38.1 Å². The molecule has 0 saturated carbocycles. The average molecular weight is 324 g/mol. The number of fused-ring (bicyclic) bond motifs is 1. The molecule has 1 aromatic carbocycles. The van der Waals surface area contributed by atoms with E-state index in [4.69, 9.17) is 4.74 Å². The molecule has 0 aliphatic carbocycles. The third kappa shape index (κ3) is 2.82. The first-order valence-electron chi connectivity index (χ1n) is 7.90. The first-order valence-corrected chi connectivity index (χ1v) is 7.90. The van der Waals surface area contributed by atoms with E-state index in [2.05, 4.69) is 26.8 Å². The van der Waals surface area contributed by atoms with E-state index in [9.17, 15) is 4.79 Å². The van der Waals surface area contributed by atoms with E-state index in [-0.39, 0.29) is 11.9 Å². The van der Waals surface area contributed by atoms with Gasteiger partial charge in [0.1, 0.15) is 11.4 Å². The second-order valence-electron chi connectivity index (χ2n) is 5.46. The molecule has 1 amide bonds. The first kappa shape index (κ1) is 16.0. The number of nitrogens with one attached hydrogen (secondary N) is 1. The fraction of sp³-hybridized carbons (Fsp3) is 0.278. The summed E-state index contributed by atoms with van der Waals surface area (Å²) >= 11 is 0. The van der Waals surface area contributed by atoms with Crippen LogP contribution in [0.1, 0.15) is 36.1 Å². The highest BCUT2D eigenvalue weighted by molar-refractivity contribution is 5.96. The Bertz CT molecular complexity index is 872. The standard InChI is InChI=1S/C18H20N4O2/c1-4-22-15-10-6-5-9-14(15)21-16(22)12(2)20-17(23)13-8-7-11-19-18(13)24-3/h5-12H,4H2,1-3H3,(H,20,23). The van der Waals surface area contributed by atoms with E-state index in [1.165, 1.54) is 7.11 Å². The molecule has 6 heteroatoms. The van der Waals surface area contributed by atoms with Gasteiger partial charge >= 0.3 is 0 Å². The molecule has 0 radical (unpaired) electrons. The van der Waals surface area contributed by atoms with Gasteiger partial charge in [0.2, 0.25) is 5.88 Å². The third-order valence-electron chi connectivity index (χ3n) is 3.94. The minimum atomic E-state index is -0.241. The quantitative estimate of drug-likeness (QED) is 0.783. The molecule has 0 spiro atoms. The Morgan fingerprint density at radius 3 is 2.83 bits per heavy atom. The fourth-order valence-electron chi connectivity index (χ4n) is 2.82. The normalized spacial score (nSPS) is 12.1. The minimum absolute atomic E-state index is 0.234.